The molecule has 0 amide bonds. The molecule has 0 radical (unpaired) electrons. The molecule has 1 aliphatic heterocycles. The molecule has 0 bridgehead atoms. The van der Waals surface area contributed by atoms with Gasteiger partial charge in [-0.25, -0.2) is 0 Å². The van der Waals surface area contributed by atoms with Gasteiger partial charge in [-0.15, -0.1) is 0 Å². The van der Waals surface area contributed by atoms with Crippen molar-refractivity contribution in [1.82, 2.24) is 5.32 Å². The van der Waals surface area contributed by atoms with Crippen LogP contribution in [0.2, 0.25) is 0 Å². The summed E-state index contributed by atoms with van der Waals surface area (Å²) in [7, 11) is 2.06. The first-order valence-corrected chi connectivity index (χ1v) is 9.18. The highest BCUT2D eigenvalue weighted by Gasteiger charge is 2.22. The van der Waals surface area contributed by atoms with Gasteiger partial charge in [-0.1, -0.05) is 61.4 Å². The molecule has 1 unspecified atom stereocenters. The number of hydrogen-bond donors (Lipinski definition) is 1. The predicted molar refractivity (Wildman–Crippen MR) is 93.1 cm³/mol. The minimum Gasteiger partial charge on any atom is -0.493 e. The number of benzene rings is 1. The Hall–Kier alpha value is -0.540. The molecule has 0 saturated heterocycles. The van der Waals surface area contributed by atoms with E-state index in [-0.39, 0.29) is 0 Å². The number of halogens is 1. The van der Waals surface area contributed by atoms with Crippen LogP contribution in [0.15, 0.2) is 16.6 Å². The highest BCUT2D eigenvalue weighted by atomic mass is 79.9. The molecule has 0 fully saturated rings. The zero-order chi connectivity index (χ0) is 15.1. The van der Waals surface area contributed by atoms with Crippen LogP contribution in [-0.2, 0) is 6.42 Å². The van der Waals surface area contributed by atoms with E-state index in [0.717, 1.165) is 18.8 Å². The summed E-state index contributed by atoms with van der Waals surface area (Å²) < 4.78 is 7.04. The van der Waals surface area contributed by atoms with E-state index in [9.17, 15) is 0 Å². The fraction of sp³-hybridized carbons (Fsp3) is 0.667. The number of fused-ring (bicyclic) bond motifs is 1. The van der Waals surface area contributed by atoms with Crippen LogP contribution in [0, 0.1) is 0 Å². The molecule has 0 spiro atoms. The van der Waals surface area contributed by atoms with Gasteiger partial charge < -0.3 is 10.1 Å². The fourth-order valence-corrected chi connectivity index (χ4v) is 3.66. The Labute approximate surface area is 137 Å². The first kappa shape index (κ1) is 16.8. The molecule has 1 atom stereocenters. The molecule has 2 rings (SSSR count). The van der Waals surface area contributed by atoms with Crippen LogP contribution in [0.4, 0.5) is 0 Å². The Morgan fingerprint density at radius 2 is 1.95 bits per heavy atom. The Morgan fingerprint density at radius 1 is 1.19 bits per heavy atom. The molecule has 1 N–H and O–H groups in total. The summed E-state index contributed by atoms with van der Waals surface area (Å²) in [6, 6.07) is 4.83. The minimum absolute atomic E-state index is 0.403. The van der Waals surface area contributed by atoms with Crippen LogP contribution in [0.5, 0.6) is 5.75 Å². The maximum Gasteiger partial charge on any atom is 0.127 e. The largest absolute Gasteiger partial charge is 0.493 e. The van der Waals surface area contributed by atoms with Gasteiger partial charge in [0.05, 0.1) is 6.61 Å². The maximum atomic E-state index is 5.87. The van der Waals surface area contributed by atoms with E-state index in [0.29, 0.717) is 6.04 Å². The Bertz CT molecular complexity index is 447. The second kappa shape index (κ2) is 8.79. The summed E-state index contributed by atoms with van der Waals surface area (Å²) in [5, 5.41) is 3.48. The number of rotatable bonds is 9. The van der Waals surface area contributed by atoms with Crippen LogP contribution < -0.4 is 10.1 Å². The lowest BCUT2D eigenvalue weighted by molar-refractivity contribution is 0.347. The maximum absolute atomic E-state index is 5.87. The van der Waals surface area contributed by atoms with Gasteiger partial charge in [-0.2, -0.15) is 0 Å². The summed E-state index contributed by atoms with van der Waals surface area (Å²) in [5.74, 6) is 1.13. The van der Waals surface area contributed by atoms with Gasteiger partial charge in [0, 0.05) is 22.5 Å². The van der Waals surface area contributed by atoms with E-state index in [1.807, 2.05) is 0 Å². The molecule has 1 aromatic carbocycles. The highest BCUT2D eigenvalue weighted by Crippen LogP contribution is 2.37. The van der Waals surface area contributed by atoms with Crippen molar-refractivity contribution in [3.05, 3.63) is 27.7 Å². The van der Waals surface area contributed by atoms with Gasteiger partial charge in [-0.05, 0) is 31.2 Å². The van der Waals surface area contributed by atoms with Crippen LogP contribution in [0.25, 0.3) is 0 Å². The molecule has 118 valence electrons. The zero-order valence-corrected chi connectivity index (χ0v) is 15.0. The van der Waals surface area contributed by atoms with E-state index in [4.69, 9.17) is 4.74 Å². The molecule has 0 aliphatic carbocycles. The Balaban J connectivity index is 1.92. The molecular weight excluding hydrogens is 326 g/mol. The van der Waals surface area contributed by atoms with Gasteiger partial charge >= 0.3 is 0 Å². The van der Waals surface area contributed by atoms with Gasteiger partial charge in [-0.3, -0.25) is 0 Å². The van der Waals surface area contributed by atoms with E-state index >= 15 is 0 Å². The lowest BCUT2D eigenvalue weighted by Crippen LogP contribution is -2.17. The summed E-state index contributed by atoms with van der Waals surface area (Å²) in [5.41, 5.74) is 2.68. The normalized spacial score (nSPS) is 14.8. The quantitative estimate of drug-likeness (QED) is 0.600. The molecule has 0 aromatic heterocycles. The number of nitrogens with one attached hydrogen (secondary N) is 1. The van der Waals surface area contributed by atoms with Crippen molar-refractivity contribution in [3.63, 3.8) is 0 Å². The van der Waals surface area contributed by atoms with E-state index < -0.39 is 0 Å². The van der Waals surface area contributed by atoms with Crippen molar-refractivity contribution in [2.75, 3.05) is 13.7 Å². The summed E-state index contributed by atoms with van der Waals surface area (Å²) in [6.45, 7) is 3.09. The van der Waals surface area contributed by atoms with E-state index in [2.05, 4.69) is 47.4 Å². The van der Waals surface area contributed by atoms with Crippen LogP contribution in [-0.4, -0.2) is 13.7 Å². The lowest BCUT2D eigenvalue weighted by Gasteiger charge is -2.20. The van der Waals surface area contributed by atoms with Crippen molar-refractivity contribution in [1.29, 1.82) is 0 Å². The summed E-state index contributed by atoms with van der Waals surface area (Å²) in [6.07, 6.45) is 10.3. The third kappa shape index (κ3) is 4.72. The van der Waals surface area contributed by atoms with Gasteiger partial charge in [0.15, 0.2) is 0 Å². The van der Waals surface area contributed by atoms with Crippen molar-refractivity contribution in [2.45, 2.75) is 64.3 Å². The van der Waals surface area contributed by atoms with Crippen LogP contribution in [0.3, 0.4) is 0 Å². The van der Waals surface area contributed by atoms with Crippen molar-refractivity contribution >= 4 is 15.9 Å². The molecule has 0 saturated carbocycles. The van der Waals surface area contributed by atoms with Crippen molar-refractivity contribution in [2.24, 2.45) is 0 Å². The van der Waals surface area contributed by atoms with E-state index in [1.165, 1.54) is 60.5 Å². The Kier molecular flexibility index (Phi) is 7.05. The monoisotopic (exact) mass is 353 g/mol. The Morgan fingerprint density at radius 3 is 2.71 bits per heavy atom. The molecule has 1 aromatic rings. The second-order valence-corrected chi connectivity index (χ2v) is 6.90. The SMILES string of the molecule is CCCCCCCCC(NC)c1cc(Br)cc2c1OCC2. The molecule has 3 heteroatoms. The molecule has 1 aliphatic rings. The third-order valence-electron chi connectivity index (χ3n) is 4.35. The highest BCUT2D eigenvalue weighted by molar-refractivity contribution is 9.10. The number of hydrogen-bond acceptors (Lipinski definition) is 2. The molecule has 21 heavy (non-hydrogen) atoms. The summed E-state index contributed by atoms with van der Waals surface area (Å²) >= 11 is 3.64. The molecule has 1 heterocycles. The average Bonchev–Trinajstić information content (AvgIpc) is 2.94. The van der Waals surface area contributed by atoms with Gasteiger partial charge in [0.1, 0.15) is 5.75 Å². The second-order valence-electron chi connectivity index (χ2n) is 5.98. The van der Waals surface area contributed by atoms with Crippen LogP contribution >= 0.6 is 15.9 Å². The minimum atomic E-state index is 0.403. The topological polar surface area (TPSA) is 21.3 Å². The lowest BCUT2D eigenvalue weighted by atomic mass is 9.97. The number of ether oxygens (including phenoxy) is 1. The first-order chi connectivity index (χ1) is 10.3. The standard InChI is InChI=1S/C18H28BrNO/c1-3-4-5-6-7-8-9-17(20-2)16-13-15(19)12-14-10-11-21-18(14)16/h12-13,17,20H,3-11H2,1-2H3. The third-order valence-corrected chi connectivity index (χ3v) is 4.81. The summed E-state index contributed by atoms with van der Waals surface area (Å²) in [4.78, 5) is 0. The molecule has 2 nitrogen and oxygen atoms in total. The smallest absolute Gasteiger partial charge is 0.127 e. The average molecular weight is 354 g/mol. The first-order valence-electron chi connectivity index (χ1n) is 8.38. The van der Waals surface area contributed by atoms with Gasteiger partial charge in [0.2, 0.25) is 0 Å². The number of unbranched alkanes of at least 4 members (excludes halogenated alkanes) is 5. The van der Waals surface area contributed by atoms with Gasteiger partial charge in [0.25, 0.3) is 0 Å². The zero-order valence-electron chi connectivity index (χ0n) is 13.4. The predicted octanol–water partition coefficient (Wildman–Crippen LogP) is 5.40. The van der Waals surface area contributed by atoms with Crippen molar-refractivity contribution in [3.8, 4) is 5.75 Å². The van der Waals surface area contributed by atoms with E-state index in [1.54, 1.807) is 0 Å². The fourth-order valence-electron chi connectivity index (χ4n) is 3.14. The molecular formula is C18H28BrNO. The van der Waals surface area contributed by atoms with Crippen LogP contribution in [0.1, 0.15) is 69.0 Å². The van der Waals surface area contributed by atoms with Crippen molar-refractivity contribution < 1.29 is 4.74 Å².